The number of amides is 1. The van der Waals surface area contributed by atoms with E-state index in [0.717, 1.165) is 22.4 Å². The molecule has 0 aromatic heterocycles. The lowest BCUT2D eigenvalue weighted by Crippen LogP contribution is -2.21. The Morgan fingerprint density at radius 3 is 2.29 bits per heavy atom. The first-order valence-corrected chi connectivity index (χ1v) is 7.03. The molecule has 2 aromatic carbocycles. The van der Waals surface area contributed by atoms with Crippen LogP contribution in [0.4, 0.5) is 5.69 Å². The summed E-state index contributed by atoms with van der Waals surface area (Å²) in [7, 11) is 0. The van der Waals surface area contributed by atoms with Gasteiger partial charge in [-0.2, -0.15) is 0 Å². The average molecular weight is 283 g/mol. The van der Waals surface area contributed by atoms with Crippen molar-refractivity contribution in [1.82, 2.24) is 0 Å². The van der Waals surface area contributed by atoms with Gasteiger partial charge in [-0.3, -0.25) is 4.79 Å². The number of rotatable bonds is 4. The van der Waals surface area contributed by atoms with Crippen molar-refractivity contribution in [1.29, 1.82) is 0 Å². The minimum atomic E-state index is -0.147. The summed E-state index contributed by atoms with van der Waals surface area (Å²) in [6.45, 7) is 8.04. The van der Waals surface area contributed by atoms with Crippen LogP contribution < -0.4 is 10.1 Å². The Kier molecular flexibility index (Phi) is 4.63. The number of ether oxygens (including phenoxy) is 1. The molecule has 0 aliphatic heterocycles. The number of carbonyl (C=O) groups excluding carboxylic acids is 1. The Morgan fingerprint density at radius 2 is 1.67 bits per heavy atom. The van der Waals surface area contributed by atoms with E-state index in [2.05, 4.69) is 17.4 Å². The van der Waals surface area contributed by atoms with E-state index >= 15 is 0 Å². The Balaban J connectivity index is 1.99. The van der Waals surface area contributed by atoms with Crippen LogP contribution in [-0.4, -0.2) is 12.5 Å². The molecule has 21 heavy (non-hydrogen) atoms. The monoisotopic (exact) mass is 283 g/mol. The van der Waals surface area contributed by atoms with Gasteiger partial charge >= 0.3 is 0 Å². The molecule has 0 heterocycles. The zero-order valence-electron chi connectivity index (χ0n) is 13.0. The predicted octanol–water partition coefficient (Wildman–Crippen LogP) is 3.94. The van der Waals surface area contributed by atoms with Crippen molar-refractivity contribution < 1.29 is 9.53 Å². The number of benzene rings is 2. The van der Waals surface area contributed by atoms with Crippen molar-refractivity contribution in [2.45, 2.75) is 27.7 Å². The highest BCUT2D eigenvalue weighted by Gasteiger charge is 2.09. The van der Waals surface area contributed by atoms with E-state index in [9.17, 15) is 4.79 Å². The quantitative estimate of drug-likeness (QED) is 0.923. The lowest BCUT2D eigenvalue weighted by atomic mass is 10.1. The molecule has 1 N–H and O–H groups in total. The van der Waals surface area contributed by atoms with Crippen LogP contribution in [0, 0.1) is 27.7 Å². The highest BCUT2D eigenvalue weighted by atomic mass is 16.5. The van der Waals surface area contributed by atoms with E-state index in [1.165, 1.54) is 5.56 Å². The fourth-order valence-electron chi connectivity index (χ4n) is 2.41. The van der Waals surface area contributed by atoms with Crippen molar-refractivity contribution in [2.75, 3.05) is 11.9 Å². The van der Waals surface area contributed by atoms with E-state index in [0.29, 0.717) is 5.75 Å². The molecule has 2 aromatic rings. The number of hydrogen-bond donors (Lipinski definition) is 1. The summed E-state index contributed by atoms with van der Waals surface area (Å²) in [5.41, 5.74) is 5.31. The van der Waals surface area contributed by atoms with E-state index in [1.807, 2.05) is 52.0 Å². The molecule has 2 rings (SSSR count). The van der Waals surface area contributed by atoms with Gasteiger partial charge in [0.2, 0.25) is 0 Å². The number of carbonyl (C=O) groups is 1. The first-order chi connectivity index (χ1) is 9.95. The second-order valence-electron chi connectivity index (χ2n) is 5.43. The molecular formula is C18H21NO2. The van der Waals surface area contributed by atoms with Gasteiger partial charge in [-0.1, -0.05) is 29.8 Å². The van der Waals surface area contributed by atoms with Gasteiger partial charge in [0, 0.05) is 5.69 Å². The standard InChI is InChI=1S/C18H21NO2/c1-12-6-5-7-16(10-12)21-11-17(20)19-18-14(3)8-13(2)9-15(18)4/h5-10H,11H2,1-4H3,(H,19,20). The number of aryl methyl sites for hydroxylation is 4. The topological polar surface area (TPSA) is 38.3 Å². The largest absolute Gasteiger partial charge is 0.484 e. The average Bonchev–Trinajstić information content (AvgIpc) is 2.40. The molecular weight excluding hydrogens is 262 g/mol. The Hall–Kier alpha value is -2.29. The third-order valence-electron chi connectivity index (χ3n) is 3.30. The molecule has 0 radical (unpaired) electrons. The zero-order valence-corrected chi connectivity index (χ0v) is 13.0. The van der Waals surface area contributed by atoms with Gasteiger partial charge in [0.15, 0.2) is 6.61 Å². The van der Waals surface area contributed by atoms with Gasteiger partial charge in [-0.05, 0) is 56.5 Å². The van der Waals surface area contributed by atoms with Gasteiger partial charge < -0.3 is 10.1 Å². The lowest BCUT2D eigenvalue weighted by Gasteiger charge is -2.13. The minimum absolute atomic E-state index is 0.0101. The highest BCUT2D eigenvalue weighted by molar-refractivity contribution is 5.93. The van der Waals surface area contributed by atoms with Gasteiger partial charge in [0.25, 0.3) is 5.91 Å². The van der Waals surface area contributed by atoms with Crippen LogP contribution in [0.5, 0.6) is 5.75 Å². The summed E-state index contributed by atoms with van der Waals surface area (Å²) >= 11 is 0. The fourth-order valence-corrected chi connectivity index (χ4v) is 2.41. The van der Waals surface area contributed by atoms with E-state index in [1.54, 1.807) is 0 Å². The van der Waals surface area contributed by atoms with Gasteiger partial charge in [0.05, 0.1) is 0 Å². The molecule has 0 saturated carbocycles. The highest BCUT2D eigenvalue weighted by Crippen LogP contribution is 2.22. The zero-order chi connectivity index (χ0) is 15.4. The summed E-state index contributed by atoms with van der Waals surface area (Å²) in [4.78, 5) is 12.0. The van der Waals surface area contributed by atoms with E-state index < -0.39 is 0 Å². The molecule has 0 saturated heterocycles. The smallest absolute Gasteiger partial charge is 0.262 e. The number of nitrogens with one attached hydrogen (secondary N) is 1. The molecule has 3 heteroatoms. The van der Waals surface area contributed by atoms with Crippen LogP contribution in [0.2, 0.25) is 0 Å². The van der Waals surface area contributed by atoms with E-state index in [4.69, 9.17) is 4.74 Å². The minimum Gasteiger partial charge on any atom is -0.484 e. The maximum atomic E-state index is 12.0. The summed E-state index contributed by atoms with van der Waals surface area (Å²) in [5, 5.41) is 2.93. The predicted molar refractivity (Wildman–Crippen MR) is 86.0 cm³/mol. The van der Waals surface area contributed by atoms with Crippen molar-refractivity contribution in [3.8, 4) is 5.75 Å². The van der Waals surface area contributed by atoms with Crippen LogP contribution in [-0.2, 0) is 4.79 Å². The third kappa shape index (κ3) is 4.09. The molecule has 0 aliphatic rings. The maximum absolute atomic E-state index is 12.0. The molecule has 110 valence electrons. The number of anilines is 1. The first kappa shape index (κ1) is 15.1. The first-order valence-electron chi connectivity index (χ1n) is 7.03. The Labute approximate surface area is 126 Å². The lowest BCUT2D eigenvalue weighted by molar-refractivity contribution is -0.118. The molecule has 0 unspecified atom stereocenters. The third-order valence-corrected chi connectivity index (χ3v) is 3.30. The molecule has 0 fully saturated rings. The molecule has 0 spiro atoms. The van der Waals surface area contributed by atoms with Crippen LogP contribution in [0.1, 0.15) is 22.3 Å². The molecule has 0 bridgehead atoms. The van der Waals surface area contributed by atoms with Crippen molar-refractivity contribution in [3.05, 3.63) is 58.7 Å². The van der Waals surface area contributed by atoms with Crippen LogP contribution in [0.15, 0.2) is 36.4 Å². The van der Waals surface area contributed by atoms with Crippen LogP contribution >= 0.6 is 0 Å². The second-order valence-corrected chi connectivity index (χ2v) is 5.43. The normalized spacial score (nSPS) is 10.3. The fraction of sp³-hybridized carbons (Fsp3) is 0.278. The summed E-state index contributed by atoms with van der Waals surface area (Å²) < 4.78 is 5.51. The maximum Gasteiger partial charge on any atom is 0.262 e. The second kappa shape index (κ2) is 6.44. The van der Waals surface area contributed by atoms with Crippen LogP contribution in [0.3, 0.4) is 0 Å². The molecule has 0 atom stereocenters. The summed E-state index contributed by atoms with van der Waals surface area (Å²) in [6.07, 6.45) is 0. The summed E-state index contributed by atoms with van der Waals surface area (Å²) in [6, 6.07) is 11.8. The van der Waals surface area contributed by atoms with Crippen LogP contribution in [0.25, 0.3) is 0 Å². The number of hydrogen-bond acceptors (Lipinski definition) is 2. The Bertz CT molecular complexity index is 639. The molecule has 0 aliphatic carbocycles. The van der Waals surface area contributed by atoms with Gasteiger partial charge in [0.1, 0.15) is 5.75 Å². The SMILES string of the molecule is Cc1cccc(OCC(=O)Nc2c(C)cc(C)cc2C)c1. The summed E-state index contributed by atoms with van der Waals surface area (Å²) in [5.74, 6) is 0.564. The molecule has 3 nitrogen and oxygen atoms in total. The van der Waals surface area contributed by atoms with E-state index in [-0.39, 0.29) is 12.5 Å². The Morgan fingerprint density at radius 1 is 1.00 bits per heavy atom. The van der Waals surface area contributed by atoms with Gasteiger partial charge in [-0.15, -0.1) is 0 Å². The van der Waals surface area contributed by atoms with Crippen molar-refractivity contribution in [3.63, 3.8) is 0 Å². The van der Waals surface area contributed by atoms with Crippen molar-refractivity contribution in [2.24, 2.45) is 0 Å². The molecule has 1 amide bonds. The van der Waals surface area contributed by atoms with Gasteiger partial charge in [-0.25, -0.2) is 0 Å². The van der Waals surface area contributed by atoms with Crippen molar-refractivity contribution >= 4 is 11.6 Å².